The molecule has 4 aromatic rings. The fourth-order valence-electron chi connectivity index (χ4n) is 3.92. The van der Waals surface area contributed by atoms with Gasteiger partial charge in [0.05, 0.1) is 6.20 Å². The molecular weight excluding hydrogens is 422 g/mol. The van der Waals surface area contributed by atoms with Crippen LogP contribution in [0.4, 0.5) is 5.82 Å². The number of aromatic nitrogens is 3. The molecule has 0 bridgehead atoms. The van der Waals surface area contributed by atoms with Gasteiger partial charge in [-0.05, 0) is 43.0 Å². The van der Waals surface area contributed by atoms with Crippen molar-refractivity contribution < 1.29 is 4.79 Å². The molecule has 2 heterocycles. The Morgan fingerprint density at radius 1 is 0.941 bits per heavy atom. The van der Waals surface area contributed by atoms with Gasteiger partial charge in [-0.2, -0.15) is 5.10 Å². The molecule has 0 saturated carbocycles. The Kier molecular flexibility index (Phi) is 7.18. The molecule has 0 aliphatic heterocycles. The maximum atomic E-state index is 13.3. The Morgan fingerprint density at radius 3 is 2.29 bits per heavy atom. The smallest absolute Gasteiger partial charge is 0.247 e. The van der Waals surface area contributed by atoms with E-state index in [1.807, 2.05) is 67.3 Å². The number of amides is 1. The van der Waals surface area contributed by atoms with Gasteiger partial charge in [-0.15, -0.1) is 0 Å². The summed E-state index contributed by atoms with van der Waals surface area (Å²) in [5, 5.41) is 10.7. The van der Waals surface area contributed by atoms with Gasteiger partial charge < -0.3 is 10.6 Å². The SMILES string of the molecule is Cc1ccc([C@H](C)CN[C@H](C(=O)Nc2ccc(-c3cnn(C)c3C)cn2)c2ccccc2)cc1. The summed E-state index contributed by atoms with van der Waals surface area (Å²) in [6, 6.07) is 21.6. The van der Waals surface area contributed by atoms with Gasteiger partial charge in [0.15, 0.2) is 0 Å². The molecule has 2 N–H and O–H groups in total. The number of nitrogens with zero attached hydrogens (tertiary/aromatic N) is 3. The Balaban J connectivity index is 1.47. The second-order valence-electron chi connectivity index (χ2n) is 8.75. The van der Waals surface area contributed by atoms with Crippen LogP contribution in [0.2, 0.25) is 0 Å². The minimum Gasteiger partial charge on any atom is -0.309 e. The zero-order chi connectivity index (χ0) is 24.1. The number of carbonyl (C=O) groups excluding carboxylic acids is 1. The summed E-state index contributed by atoms with van der Waals surface area (Å²) in [4.78, 5) is 17.8. The predicted molar refractivity (Wildman–Crippen MR) is 137 cm³/mol. The first kappa shape index (κ1) is 23.4. The minimum absolute atomic E-state index is 0.139. The lowest BCUT2D eigenvalue weighted by Crippen LogP contribution is -2.35. The van der Waals surface area contributed by atoms with Gasteiger partial charge in [-0.3, -0.25) is 9.48 Å². The highest BCUT2D eigenvalue weighted by atomic mass is 16.2. The van der Waals surface area contributed by atoms with Crippen molar-refractivity contribution in [1.82, 2.24) is 20.1 Å². The van der Waals surface area contributed by atoms with E-state index in [1.54, 1.807) is 6.20 Å². The molecule has 0 saturated heterocycles. The van der Waals surface area contributed by atoms with E-state index in [0.717, 1.165) is 22.4 Å². The molecule has 2 atom stereocenters. The van der Waals surface area contributed by atoms with Crippen molar-refractivity contribution in [3.05, 3.63) is 102 Å². The van der Waals surface area contributed by atoms with E-state index in [4.69, 9.17) is 0 Å². The molecule has 34 heavy (non-hydrogen) atoms. The van der Waals surface area contributed by atoms with Crippen LogP contribution in [0.15, 0.2) is 79.1 Å². The Bertz CT molecular complexity index is 1230. The molecular formula is C28H31N5O. The average Bonchev–Trinajstić information content (AvgIpc) is 3.19. The Morgan fingerprint density at radius 2 is 1.68 bits per heavy atom. The molecule has 0 unspecified atom stereocenters. The van der Waals surface area contributed by atoms with Crippen LogP contribution in [-0.2, 0) is 11.8 Å². The van der Waals surface area contributed by atoms with Crippen LogP contribution in [0.3, 0.4) is 0 Å². The monoisotopic (exact) mass is 453 g/mol. The molecule has 174 valence electrons. The van der Waals surface area contributed by atoms with E-state index >= 15 is 0 Å². The predicted octanol–water partition coefficient (Wildman–Crippen LogP) is 5.17. The van der Waals surface area contributed by atoms with E-state index in [1.165, 1.54) is 11.1 Å². The van der Waals surface area contributed by atoms with Crippen molar-refractivity contribution in [1.29, 1.82) is 0 Å². The number of pyridine rings is 1. The molecule has 2 aromatic heterocycles. The van der Waals surface area contributed by atoms with E-state index in [9.17, 15) is 4.79 Å². The van der Waals surface area contributed by atoms with Gasteiger partial charge in [0.2, 0.25) is 5.91 Å². The van der Waals surface area contributed by atoms with Crippen molar-refractivity contribution in [2.24, 2.45) is 7.05 Å². The summed E-state index contributed by atoms with van der Waals surface area (Å²) < 4.78 is 1.83. The molecule has 0 fully saturated rings. The Labute approximate surface area is 201 Å². The van der Waals surface area contributed by atoms with Gasteiger partial charge in [-0.25, -0.2) is 4.98 Å². The van der Waals surface area contributed by atoms with Crippen LogP contribution in [0, 0.1) is 13.8 Å². The second-order valence-corrected chi connectivity index (χ2v) is 8.75. The lowest BCUT2D eigenvalue weighted by atomic mass is 9.98. The number of nitrogens with one attached hydrogen (secondary N) is 2. The zero-order valence-electron chi connectivity index (χ0n) is 20.1. The first-order valence-electron chi connectivity index (χ1n) is 11.5. The maximum Gasteiger partial charge on any atom is 0.247 e. The van der Waals surface area contributed by atoms with Crippen LogP contribution < -0.4 is 10.6 Å². The highest BCUT2D eigenvalue weighted by molar-refractivity contribution is 5.95. The van der Waals surface area contributed by atoms with Crippen LogP contribution in [-0.4, -0.2) is 27.2 Å². The first-order valence-corrected chi connectivity index (χ1v) is 11.5. The number of benzene rings is 2. The number of aryl methyl sites for hydroxylation is 2. The van der Waals surface area contributed by atoms with E-state index in [0.29, 0.717) is 12.4 Å². The molecule has 4 rings (SSSR count). The van der Waals surface area contributed by atoms with Gasteiger partial charge >= 0.3 is 0 Å². The number of hydrogen-bond donors (Lipinski definition) is 2. The number of carbonyl (C=O) groups is 1. The summed E-state index contributed by atoms with van der Waals surface area (Å²) in [6.07, 6.45) is 3.60. The molecule has 0 spiro atoms. The highest BCUT2D eigenvalue weighted by Crippen LogP contribution is 2.24. The number of rotatable bonds is 8. The fraction of sp³-hybridized carbons (Fsp3) is 0.250. The largest absolute Gasteiger partial charge is 0.309 e. The van der Waals surface area contributed by atoms with Crippen LogP contribution in [0.1, 0.15) is 41.3 Å². The van der Waals surface area contributed by atoms with Crippen molar-refractivity contribution in [3.8, 4) is 11.1 Å². The molecule has 0 radical (unpaired) electrons. The molecule has 6 heteroatoms. The molecule has 2 aromatic carbocycles. The summed E-state index contributed by atoms with van der Waals surface area (Å²) in [5.41, 5.74) is 6.46. The second kappa shape index (κ2) is 10.4. The Hall–Kier alpha value is -3.77. The van der Waals surface area contributed by atoms with E-state index in [-0.39, 0.29) is 11.8 Å². The minimum atomic E-state index is -0.490. The first-order chi connectivity index (χ1) is 16.4. The molecule has 1 amide bonds. The standard InChI is InChI=1S/C28H31N5O/c1-19-10-12-22(13-11-19)20(2)16-30-27(23-8-6-5-7-9-23)28(34)32-26-15-14-24(17-29-26)25-18-31-33(4)21(25)3/h5-15,17-18,20,27,30H,16H2,1-4H3,(H,29,32,34)/t20-,27+/m1/s1. The van der Waals surface area contributed by atoms with Crippen LogP contribution in [0.25, 0.3) is 11.1 Å². The number of hydrogen-bond acceptors (Lipinski definition) is 4. The van der Waals surface area contributed by atoms with Gasteiger partial charge in [0.1, 0.15) is 11.9 Å². The average molecular weight is 454 g/mol. The maximum absolute atomic E-state index is 13.3. The molecule has 0 aliphatic rings. The molecule has 0 aliphatic carbocycles. The lowest BCUT2D eigenvalue weighted by molar-refractivity contribution is -0.118. The van der Waals surface area contributed by atoms with Crippen molar-refractivity contribution in [2.75, 3.05) is 11.9 Å². The van der Waals surface area contributed by atoms with Crippen molar-refractivity contribution in [3.63, 3.8) is 0 Å². The summed E-state index contributed by atoms with van der Waals surface area (Å²) in [5.74, 6) is 0.643. The normalized spacial score (nSPS) is 12.8. The summed E-state index contributed by atoms with van der Waals surface area (Å²) in [7, 11) is 1.91. The highest BCUT2D eigenvalue weighted by Gasteiger charge is 2.22. The third-order valence-corrected chi connectivity index (χ3v) is 6.23. The van der Waals surface area contributed by atoms with Crippen molar-refractivity contribution >= 4 is 11.7 Å². The van der Waals surface area contributed by atoms with E-state index < -0.39 is 6.04 Å². The quantitative estimate of drug-likeness (QED) is 0.386. The van der Waals surface area contributed by atoms with Crippen molar-refractivity contribution in [2.45, 2.75) is 32.7 Å². The third-order valence-electron chi connectivity index (χ3n) is 6.23. The van der Waals surface area contributed by atoms with E-state index in [2.05, 4.69) is 58.8 Å². The third kappa shape index (κ3) is 5.41. The topological polar surface area (TPSA) is 71.8 Å². The lowest BCUT2D eigenvalue weighted by Gasteiger charge is -2.21. The van der Waals surface area contributed by atoms with Gasteiger partial charge in [0.25, 0.3) is 0 Å². The summed E-state index contributed by atoms with van der Waals surface area (Å²) >= 11 is 0. The van der Waals surface area contributed by atoms with Crippen LogP contribution >= 0.6 is 0 Å². The fourth-order valence-corrected chi connectivity index (χ4v) is 3.92. The zero-order valence-corrected chi connectivity index (χ0v) is 20.1. The van der Waals surface area contributed by atoms with Gasteiger partial charge in [-0.1, -0.05) is 67.1 Å². The number of anilines is 1. The summed E-state index contributed by atoms with van der Waals surface area (Å²) in [6.45, 7) is 6.94. The van der Waals surface area contributed by atoms with Crippen LogP contribution in [0.5, 0.6) is 0 Å². The van der Waals surface area contributed by atoms with Gasteiger partial charge in [0, 0.05) is 36.6 Å². The molecule has 6 nitrogen and oxygen atoms in total.